The number of aromatic nitrogens is 1. The maximum Gasteiger partial charge on any atom is 0.417 e. The Balaban J connectivity index is 1.67. The first-order valence-corrected chi connectivity index (χ1v) is 15.4. The Kier molecular flexibility index (Phi) is 9.74. The van der Waals surface area contributed by atoms with Crippen molar-refractivity contribution in [2.75, 3.05) is 11.3 Å². The number of sulfonamides is 1. The van der Waals surface area contributed by atoms with Gasteiger partial charge in [-0.1, -0.05) is 62.7 Å². The van der Waals surface area contributed by atoms with Crippen LogP contribution in [-0.4, -0.2) is 43.1 Å². The molecular weight excluding hydrogens is 569 g/mol. The first-order chi connectivity index (χ1) is 19.9. The number of rotatable bonds is 11. The van der Waals surface area contributed by atoms with Crippen LogP contribution in [0.4, 0.5) is 18.9 Å². The van der Waals surface area contributed by atoms with Gasteiger partial charge in [-0.3, -0.25) is 9.52 Å². The molecule has 1 fully saturated rings. The monoisotopic (exact) mass is 604 g/mol. The number of nitrogens with one attached hydrogen (secondary N) is 1. The standard InChI is InChI=1S/C31H35F3N2O5S/c1-3-17-30(27(41-20-26(37)29(30)38)15-13-21-9-6-5-7-10-21)25(4-2)22-11-8-12-24(18-22)36-42(39,40)28-16-14-23(19-35-28)31(32,33)34/h5-12,14,16,18-19,25,27,29,36,38H,3-4,13,15,17,20H2,1-2H3. The van der Waals surface area contributed by atoms with Crippen LogP contribution in [0.25, 0.3) is 0 Å². The quantitative estimate of drug-likeness (QED) is 0.272. The molecule has 4 atom stereocenters. The Bertz CT molecular complexity index is 1470. The molecule has 0 spiro atoms. The molecule has 1 aliphatic rings. The number of aryl methyl sites for hydroxylation is 1. The molecule has 0 saturated carbocycles. The number of alkyl halides is 3. The fourth-order valence-electron chi connectivity index (χ4n) is 6.17. The van der Waals surface area contributed by atoms with Crippen molar-refractivity contribution in [3.63, 3.8) is 0 Å². The van der Waals surface area contributed by atoms with Crippen molar-refractivity contribution in [2.45, 2.75) is 75.3 Å². The second-order valence-electron chi connectivity index (χ2n) is 10.6. The van der Waals surface area contributed by atoms with Gasteiger partial charge in [-0.05, 0) is 67.0 Å². The van der Waals surface area contributed by atoms with Crippen molar-refractivity contribution in [1.82, 2.24) is 4.98 Å². The molecule has 226 valence electrons. The summed E-state index contributed by atoms with van der Waals surface area (Å²) in [5.41, 5.74) is -0.0225. The van der Waals surface area contributed by atoms with E-state index in [1.807, 2.05) is 50.2 Å². The summed E-state index contributed by atoms with van der Waals surface area (Å²) in [5.74, 6) is -0.755. The van der Waals surface area contributed by atoms with Crippen LogP contribution in [0, 0.1) is 5.41 Å². The fourth-order valence-corrected chi connectivity index (χ4v) is 7.15. The molecule has 0 aliphatic carbocycles. The molecule has 3 aromatic rings. The van der Waals surface area contributed by atoms with Crippen molar-refractivity contribution in [3.05, 3.63) is 89.6 Å². The number of benzene rings is 2. The van der Waals surface area contributed by atoms with E-state index in [4.69, 9.17) is 4.74 Å². The largest absolute Gasteiger partial charge is 0.417 e. The van der Waals surface area contributed by atoms with E-state index in [0.717, 1.165) is 11.6 Å². The number of carbonyl (C=O) groups excluding carboxylic acids is 1. The van der Waals surface area contributed by atoms with Gasteiger partial charge in [0, 0.05) is 17.3 Å². The Labute approximate surface area is 244 Å². The number of anilines is 1. The second-order valence-corrected chi connectivity index (χ2v) is 12.3. The summed E-state index contributed by atoms with van der Waals surface area (Å²) in [5, 5.41) is 10.9. The Morgan fingerprint density at radius 3 is 2.45 bits per heavy atom. The van der Waals surface area contributed by atoms with Gasteiger partial charge in [-0.15, -0.1) is 0 Å². The van der Waals surface area contributed by atoms with Crippen LogP contribution in [0.15, 0.2) is 78.0 Å². The predicted octanol–water partition coefficient (Wildman–Crippen LogP) is 6.14. The highest BCUT2D eigenvalue weighted by Gasteiger charge is 2.55. The van der Waals surface area contributed by atoms with E-state index < -0.39 is 44.4 Å². The van der Waals surface area contributed by atoms with Crippen LogP contribution >= 0.6 is 0 Å². The molecule has 11 heteroatoms. The van der Waals surface area contributed by atoms with E-state index in [1.165, 1.54) is 6.07 Å². The summed E-state index contributed by atoms with van der Waals surface area (Å²) >= 11 is 0. The van der Waals surface area contributed by atoms with Gasteiger partial charge in [0.25, 0.3) is 10.0 Å². The highest BCUT2D eigenvalue weighted by Crippen LogP contribution is 2.52. The molecule has 1 aliphatic heterocycles. The molecule has 2 heterocycles. The number of ether oxygens (including phenoxy) is 1. The minimum Gasteiger partial charge on any atom is -0.385 e. The number of aliphatic hydroxyl groups excluding tert-OH is 1. The highest BCUT2D eigenvalue weighted by molar-refractivity contribution is 7.92. The van der Waals surface area contributed by atoms with Gasteiger partial charge < -0.3 is 9.84 Å². The Morgan fingerprint density at radius 1 is 1.10 bits per heavy atom. The zero-order valence-corrected chi connectivity index (χ0v) is 24.3. The van der Waals surface area contributed by atoms with E-state index in [2.05, 4.69) is 9.71 Å². The number of hydrogen-bond acceptors (Lipinski definition) is 6. The molecule has 7 nitrogen and oxygen atoms in total. The number of carbonyl (C=O) groups is 1. The molecule has 4 unspecified atom stereocenters. The normalized spacial score (nSPS) is 22.1. The lowest BCUT2D eigenvalue weighted by atomic mass is 9.59. The topological polar surface area (TPSA) is 106 Å². The third-order valence-electron chi connectivity index (χ3n) is 8.00. The maximum atomic E-state index is 13.0. The number of halogens is 3. The van der Waals surface area contributed by atoms with Crippen LogP contribution in [0.1, 0.15) is 62.1 Å². The van der Waals surface area contributed by atoms with Gasteiger partial charge in [0.1, 0.15) is 12.7 Å². The molecule has 4 rings (SSSR count). The molecule has 42 heavy (non-hydrogen) atoms. The van der Waals surface area contributed by atoms with Crippen molar-refractivity contribution in [3.8, 4) is 0 Å². The number of pyridine rings is 1. The van der Waals surface area contributed by atoms with Crippen molar-refractivity contribution < 1.29 is 36.2 Å². The van der Waals surface area contributed by atoms with E-state index in [1.54, 1.807) is 12.1 Å². The highest BCUT2D eigenvalue weighted by atomic mass is 32.2. The van der Waals surface area contributed by atoms with E-state index in [-0.39, 0.29) is 24.0 Å². The van der Waals surface area contributed by atoms with Crippen LogP contribution < -0.4 is 4.72 Å². The first kappa shape index (κ1) is 31.7. The van der Waals surface area contributed by atoms with Gasteiger partial charge in [0.15, 0.2) is 10.8 Å². The van der Waals surface area contributed by atoms with Gasteiger partial charge in [-0.2, -0.15) is 21.6 Å². The number of ketones is 1. The first-order valence-electron chi connectivity index (χ1n) is 13.9. The van der Waals surface area contributed by atoms with E-state index in [0.29, 0.717) is 49.9 Å². The molecule has 0 bridgehead atoms. The lowest BCUT2D eigenvalue weighted by molar-refractivity contribution is -0.183. The average Bonchev–Trinajstić information content (AvgIpc) is 2.96. The zero-order valence-electron chi connectivity index (χ0n) is 23.5. The third kappa shape index (κ3) is 6.68. The number of aliphatic hydroxyl groups is 1. The number of nitrogens with zero attached hydrogens (tertiary/aromatic N) is 1. The average molecular weight is 605 g/mol. The van der Waals surface area contributed by atoms with Crippen molar-refractivity contribution in [2.24, 2.45) is 5.41 Å². The van der Waals surface area contributed by atoms with Crippen molar-refractivity contribution >= 4 is 21.5 Å². The summed E-state index contributed by atoms with van der Waals surface area (Å²) in [6, 6.07) is 18.0. The van der Waals surface area contributed by atoms with Crippen LogP contribution in [0.5, 0.6) is 0 Å². The zero-order chi connectivity index (χ0) is 30.5. The Hall–Kier alpha value is -3.28. The van der Waals surface area contributed by atoms with Crippen LogP contribution in [0.3, 0.4) is 0 Å². The van der Waals surface area contributed by atoms with Gasteiger partial charge in [0.05, 0.1) is 11.7 Å². The summed E-state index contributed by atoms with van der Waals surface area (Å²) in [4.78, 5) is 16.4. The smallest absolute Gasteiger partial charge is 0.385 e. The molecule has 2 N–H and O–H groups in total. The minimum absolute atomic E-state index is 0.178. The van der Waals surface area contributed by atoms with Crippen molar-refractivity contribution in [1.29, 1.82) is 0 Å². The molecule has 0 amide bonds. The van der Waals surface area contributed by atoms with Crippen LogP contribution in [0.2, 0.25) is 0 Å². The molecular formula is C31H35F3N2O5S. The molecule has 2 aromatic carbocycles. The van der Waals surface area contributed by atoms with Gasteiger partial charge in [-0.25, -0.2) is 4.98 Å². The lowest BCUT2D eigenvalue weighted by Crippen LogP contribution is -2.58. The summed E-state index contributed by atoms with van der Waals surface area (Å²) in [7, 11) is -4.30. The number of hydrogen-bond donors (Lipinski definition) is 2. The predicted molar refractivity (Wildman–Crippen MR) is 152 cm³/mol. The maximum absolute atomic E-state index is 13.0. The summed E-state index contributed by atoms with van der Waals surface area (Å²) < 4.78 is 73.3. The van der Waals surface area contributed by atoms with Crippen LogP contribution in [-0.2, 0) is 32.2 Å². The van der Waals surface area contributed by atoms with E-state index in [9.17, 15) is 31.5 Å². The van der Waals surface area contributed by atoms with Gasteiger partial charge >= 0.3 is 6.18 Å². The Morgan fingerprint density at radius 2 is 1.83 bits per heavy atom. The molecule has 0 radical (unpaired) electrons. The third-order valence-corrected chi connectivity index (χ3v) is 9.30. The molecule has 1 aromatic heterocycles. The SMILES string of the molecule is CCCC1(C(CC)c2cccc(NS(=O)(=O)c3ccc(C(F)(F)F)cn3)c2)C(CCc2ccccc2)OCC(=O)C1O. The number of Topliss-reactive ketones (excluding diaryl/α,β-unsaturated/α-hetero) is 1. The summed E-state index contributed by atoms with van der Waals surface area (Å²) in [6.45, 7) is 3.75. The second kappa shape index (κ2) is 12.9. The summed E-state index contributed by atoms with van der Waals surface area (Å²) in [6.07, 6.45) is -2.89. The minimum atomic E-state index is -4.64. The van der Waals surface area contributed by atoms with E-state index >= 15 is 0 Å². The van der Waals surface area contributed by atoms with Gasteiger partial charge in [0.2, 0.25) is 0 Å². The fraction of sp³-hybridized carbons (Fsp3) is 0.419. The molecule has 1 saturated heterocycles. The lowest BCUT2D eigenvalue weighted by Gasteiger charge is -2.51.